The van der Waals surface area contributed by atoms with Gasteiger partial charge >= 0.3 is 0 Å². The molecular weight excluding hydrogens is 291 g/mol. The number of aromatic nitrogens is 2. The monoisotopic (exact) mass is 310 g/mol. The Bertz CT molecular complexity index is 598. The minimum atomic E-state index is -0.0953. The largest absolute Gasteiger partial charge is 0.326 e. The number of rotatable bonds is 3. The molecule has 0 amide bonds. The summed E-state index contributed by atoms with van der Waals surface area (Å²) in [5.74, 6) is 1.69. The van der Waals surface area contributed by atoms with E-state index in [1.54, 1.807) is 0 Å². The molecule has 1 aromatic heterocycles. The van der Waals surface area contributed by atoms with E-state index in [2.05, 4.69) is 15.6 Å². The topological polar surface area (TPSA) is 17.8 Å². The number of nitrogens with zero attached hydrogens (tertiary/aromatic N) is 2. The molecule has 1 unspecified atom stereocenters. The van der Waals surface area contributed by atoms with Crippen molar-refractivity contribution in [2.45, 2.75) is 50.9 Å². The third kappa shape index (κ3) is 2.68. The quantitative estimate of drug-likeness (QED) is 0.678. The van der Waals surface area contributed by atoms with Crippen molar-refractivity contribution in [1.82, 2.24) is 9.55 Å². The molecule has 0 saturated heterocycles. The average molecular weight is 311 g/mol. The van der Waals surface area contributed by atoms with Gasteiger partial charge in [-0.15, -0.1) is 11.6 Å². The molecule has 108 valence electrons. The van der Waals surface area contributed by atoms with Crippen molar-refractivity contribution in [1.29, 1.82) is 0 Å². The molecule has 2 nitrogen and oxygen atoms in total. The van der Waals surface area contributed by atoms with Crippen LogP contribution in [-0.2, 0) is 6.54 Å². The van der Waals surface area contributed by atoms with Gasteiger partial charge in [-0.1, -0.05) is 36.9 Å². The van der Waals surface area contributed by atoms with Crippen LogP contribution in [-0.4, -0.2) is 9.55 Å². The molecule has 1 aromatic carbocycles. The van der Waals surface area contributed by atoms with Crippen molar-refractivity contribution < 1.29 is 0 Å². The first-order chi connectivity index (χ1) is 9.66. The van der Waals surface area contributed by atoms with Gasteiger partial charge in [-0.05, 0) is 37.8 Å². The molecule has 20 heavy (non-hydrogen) atoms. The maximum Gasteiger partial charge on any atom is 0.127 e. The van der Waals surface area contributed by atoms with Gasteiger partial charge in [0.25, 0.3) is 0 Å². The number of para-hydroxylation sites is 1. The number of benzene rings is 1. The Morgan fingerprint density at radius 1 is 1.30 bits per heavy atom. The van der Waals surface area contributed by atoms with Crippen molar-refractivity contribution in [3.63, 3.8) is 0 Å². The highest BCUT2D eigenvalue weighted by Crippen LogP contribution is 2.32. The minimum absolute atomic E-state index is 0.0953. The zero-order valence-corrected chi connectivity index (χ0v) is 13.3. The molecule has 1 aliphatic rings. The summed E-state index contributed by atoms with van der Waals surface area (Å²) in [6.07, 6.45) is 6.71. The predicted octanol–water partition coefficient (Wildman–Crippen LogP) is 5.57. The van der Waals surface area contributed by atoms with Crippen LogP contribution < -0.4 is 0 Å². The second-order valence-electron chi connectivity index (χ2n) is 5.81. The molecule has 0 N–H and O–H groups in total. The lowest BCUT2D eigenvalue weighted by Crippen LogP contribution is -2.16. The van der Waals surface area contributed by atoms with Gasteiger partial charge in [-0.2, -0.15) is 0 Å². The van der Waals surface area contributed by atoms with Crippen LogP contribution in [0.5, 0.6) is 0 Å². The SMILES string of the molecule is CC(Cl)c1nc2c(Cl)cccc2n1CC1CCCCC1. The van der Waals surface area contributed by atoms with Gasteiger partial charge in [-0.3, -0.25) is 0 Å². The van der Waals surface area contributed by atoms with E-state index in [-0.39, 0.29) is 5.38 Å². The molecule has 0 bridgehead atoms. The Hall–Kier alpha value is -0.730. The molecule has 3 rings (SSSR count). The van der Waals surface area contributed by atoms with Crippen LogP contribution in [0.3, 0.4) is 0 Å². The van der Waals surface area contributed by atoms with Crippen molar-refractivity contribution in [2.24, 2.45) is 5.92 Å². The predicted molar refractivity (Wildman–Crippen MR) is 85.6 cm³/mol. The van der Waals surface area contributed by atoms with E-state index in [1.165, 1.54) is 32.1 Å². The molecule has 1 fully saturated rings. The minimum Gasteiger partial charge on any atom is -0.326 e. The van der Waals surface area contributed by atoms with E-state index >= 15 is 0 Å². The Morgan fingerprint density at radius 3 is 2.75 bits per heavy atom. The van der Waals surface area contributed by atoms with Crippen molar-refractivity contribution in [3.05, 3.63) is 29.0 Å². The number of fused-ring (bicyclic) bond motifs is 1. The maximum atomic E-state index is 6.32. The number of alkyl halides is 1. The number of imidazole rings is 1. The molecule has 0 aliphatic heterocycles. The molecule has 1 atom stereocenters. The van der Waals surface area contributed by atoms with Crippen molar-refractivity contribution in [2.75, 3.05) is 0 Å². The zero-order valence-electron chi connectivity index (χ0n) is 11.8. The third-order valence-corrected chi connectivity index (χ3v) is 4.78. The lowest BCUT2D eigenvalue weighted by molar-refractivity contribution is 0.319. The fraction of sp³-hybridized carbons (Fsp3) is 0.562. The third-order valence-electron chi connectivity index (χ3n) is 4.28. The summed E-state index contributed by atoms with van der Waals surface area (Å²) >= 11 is 12.6. The molecular formula is C16H20Cl2N2. The summed E-state index contributed by atoms with van der Waals surface area (Å²) in [5, 5.41) is 0.616. The fourth-order valence-electron chi connectivity index (χ4n) is 3.25. The normalized spacial score (nSPS) is 18.6. The summed E-state index contributed by atoms with van der Waals surface area (Å²) in [7, 11) is 0. The molecule has 4 heteroatoms. The highest BCUT2D eigenvalue weighted by Gasteiger charge is 2.20. The number of halogens is 2. The van der Waals surface area contributed by atoms with E-state index in [9.17, 15) is 0 Å². The van der Waals surface area contributed by atoms with E-state index < -0.39 is 0 Å². The van der Waals surface area contributed by atoms with Gasteiger partial charge in [0.05, 0.1) is 15.9 Å². The first-order valence-corrected chi connectivity index (χ1v) is 8.27. The van der Waals surface area contributed by atoms with E-state index in [0.29, 0.717) is 5.02 Å². The van der Waals surface area contributed by atoms with Crippen molar-refractivity contribution >= 4 is 34.2 Å². The van der Waals surface area contributed by atoms with Gasteiger partial charge in [0, 0.05) is 6.54 Å². The van der Waals surface area contributed by atoms with Crippen LogP contribution in [0.2, 0.25) is 5.02 Å². The lowest BCUT2D eigenvalue weighted by Gasteiger charge is -2.23. The maximum absolute atomic E-state index is 6.32. The van der Waals surface area contributed by atoms with E-state index in [4.69, 9.17) is 23.2 Å². The van der Waals surface area contributed by atoms with E-state index in [1.807, 2.05) is 19.1 Å². The molecule has 2 aromatic rings. The summed E-state index contributed by atoms with van der Waals surface area (Å²) in [6.45, 7) is 3.00. The molecule has 1 heterocycles. The smallest absolute Gasteiger partial charge is 0.127 e. The van der Waals surface area contributed by atoms with Crippen LogP contribution in [0.25, 0.3) is 11.0 Å². The van der Waals surface area contributed by atoms with Crippen LogP contribution >= 0.6 is 23.2 Å². The molecule has 1 saturated carbocycles. The standard InChI is InChI=1S/C16H20Cl2N2/c1-11(17)16-19-15-13(18)8-5-9-14(15)20(16)10-12-6-3-2-4-7-12/h5,8-9,11-12H,2-4,6-7,10H2,1H3. The van der Waals surface area contributed by atoms with Crippen LogP contribution in [0, 0.1) is 5.92 Å². The molecule has 0 spiro atoms. The Balaban J connectivity index is 2.02. The zero-order chi connectivity index (χ0) is 14.1. The van der Waals surface area contributed by atoms with Gasteiger partial charge in [0.15, 0.2) is 0 Å². The Labute approximate surface area is 130 Å². The second kappa shape index (κ2) is 5.95. The molecule has 1 aliphatic carbocycles. The number of hydrogen-bond acceptors (Lipinski definition) is 1. The van der Waals surface area contributed by atoms with Crippen molar-refractivity contribution in [3.8, 4) is 0 Å². The lowest BCUT2D eigenvalue weighted by atomic mass is 9.89. The average Bonchev–Trinajstić information content (AvgIpc) is 2.81. The van der Waals surface area contributed by atoms with Gasteiger partial charge in [-0.25, -0.2) is 4.98 Å². The second-order valence-corrected chi connectivity index (χ2v) is 6.87. The Morgan fingerprint density at radius 2 is 2.05 bits per heavy atom. The van der Waals surface area contributed by atoms with Crippen LogP contribution in [0.4, 0.5) is 0 Å². The summed E-state index contributed by atoms with van der Waals surface area (Å²) < 4.78 is 2.29. The highest BCUT2D eigenvalue weighted by molar-refractivity contribution is 6.35. The fourth-order valence-corrected chi connectivity index (χ4v) is 3.63. The summed E-state index contributed by atoms with van der Waals surface area (Å²) in [4.78, 5) is 4.68. The van der Waals surface area contributed by atoms with E-state index in [0.717, 1.165) is 29.3 Å². The van der Waals surface area contributed by atoms with Crippen LogP contribution in [0.15, 0.2) is 18.2 Å². The van der Waals surface area contributed by atoms with Crippen LogP contribution in [0.1, 0.15) is 50.2 Å². The number of hydrogen-bond donors (Lipinski definition) is 0. The van der Waals surface area contributed by atoms with Gasteiger partial charge in [0.2, 0.25) is 0 Å². The first-order valence-electron chi connectivity index (χ1n) is 7.45. The van der Waals surface area contributed by atoms with Gasteiger partial charge < -0.3 is 4.57 Å². The van der Waals surface area contributed by atoms with Gasteiger partial charge in [0.1, 0.15) is 11.3 Å². The first kappa shape index (κ1) is 14.2. The summed E-state index contributed by atoms with van der Waals surface area (Å²) in [6, 6.07) is 5.98. The highest BCUT2D eigenvalue weighted by atomic mass is 35.5. The Kier molecular flexibility index (Phi) is 4.23. The summed E-state index contributed by atoms with van der Waals surface area (Å²) in [5.41, 5.74) is 2.00. The molecule has 0 radical (unpaired) electrons.